The van der Waals surface area contributed by atoms with E-state index in [2.05, 4.69) is 15.3 Å². The first-order valence-electron chi connectivity index (χ1n) is 9.26. The average Bonchev–Trinajstić information content (AvgIpc) is 3.02. The summed E-state index contributed by atoms with van der Waals surface area (Å²) in [4.78, 5) is 30.9. The Morgan fingerprint density at radius 3 is 2.89 bits per heavy atom. The lowest BCUT2D eigenvalue weighted by Crippen LogP contribution is -2.30. The second-order valence-corrected chi connectivity index (χ2v) is 6.95. The van der Waals surface area contributed by atoms with Crippen molar-refractivity contribution in [3.05, 3.63) is 59.4 Å². The van der Waals surface area contributed by atoms with Crippen molar-refractivity contribution < 1.29 is 19.4 Å². The van der Waals surface area contributed by atoms with E-state index in [0.717, 1.165) is 33.7 Å². The summed E-state index contributed by atoms with van der Waals surface area (Å²) in [6.45, 7) is 0.859. The van der Waals surface area contributed by atoms with Crippen molar-refractivity contribution in [1.29, 1.82) is 0 Å². The number of carbonyl (C=O) groups is 2. The zero-order valence-electron chi connectivity index (χ0n) is 15.3. The van der Waals surface area contributed by atoms with Crippen LogP contribution in [0.15, 0.2) is 42.5 Å². The Kier molecular flexibility index (Phi) is 4.97. The van der Waals surface area contributed by atoms with E-state index < -0.39 is 11.9 Å². The van der Waals surface area contributed by atoms with Gasteiger partial charge in [-0.2, -0.15) is 0 Å². The molecule has 0 saturated heterocycles. The van der Waals surface area contributed by atoms with Gasteiger partial charge in [0.1, 0.15) is 11.6 Å². The molecule has 2 aromatic carbocycles. The van der Waals surface area contributed by atoms with Crippen LogP contribution in [0, 0.1) is 5.92 Å². The molecule has 7 heteroatoms. The van der Waals surface area contributed by atoms with Gasteiger partial charge in [0.15, 0.2) is 0 Å². The number of rotatable bonds is 6. The highest BCUT2D eigenvalue weighted by Crippen LogP contribution is 2.25. The molecule has 1 aromatic heterocycles. The predicted molar refractivity (Wildman–Crippen MR) is 103 cm³/mol. The van der Waals surface area contributed by atoms with Crippen LogP contribution in [0.25, 0.3) is 11.0 Å². The number of nitrogens with zero attached hydrogens (tertiary/aromatic N) is 1. The van der Waals surface area contributed by atoms with Crippen molar-refractivity contribution in [3.63, 3.8) is 0 Å². The first kappa shape index (κ1) is 18.0. The van der Waals surface area contributed by atoms with E-state index in [1.807, 2.05) is 42.5 Å². The van der Waals surface area contributed by atoms with Crippen LogP contribution >= 0.6 is 0 Å². The Balaban J connectivity index is 1.40. The normalized spacial score (nSPS) is 16.3. The summed E-state index contributed by atoms with van der Waals surface area (Å²) in [7, 11) is 0. The molecule has 0 bridgehead atoms. The minimum atomic E-state index is -0.964. The van der Waals surface area contributed by atoms with Crippen LogP contribution in [-0.4, -0.2) is 33.6 Å². The van der Waals surface area contributed by atoms with Gasteiger partial charge in [-0.25, -0.2) is 4.98 Å². The van der Waals surface area contributed by atoms with Gasteiger partial charge in [-0.3, -0.25) is 9.59 Å². The topological polar surface area (TPSA) is 104 Å². The smallest absolute Gasteiger partial charge is 0.304 e. The molecule has 4 rings (SSSR count). The quantitative estimate of drug-likeness (QED) is 0.610. The fraction of sp³-hybridized carbons (Fsp3) is 0.286. The molecule has 1 aliphatic heterocycles. The molecular weight excluding hydrogens is 358 g/mol. The number of amides is 1. The van der Waals surface area contributed by atoms with E-state index >= 15 is 0 Å². The number of ether oxygens (including phenoxy) is 1. The molecule has 0 saturated carbocycles. The summed E-state index contributed by atoms with van der Waals surface area (Å²) in [5, 5.41) is 11.8. The standard InChI is InChI=1S/C21H21N3O4/c25-20(26)11-14-9-13-5-6-16(10-15(13)12-22-21(14)27)28-8-7-19-23-17-3-1-2-4-18(17)24-19/h1-6,10,14H,7-9,11-12H2,(H,22,27)(H,23,24)(H,25,26). The molecule has 7 nitrogen and oxygen atoms in total. The molecule has 1 aliphatic rings. The number of carboxylic acid groups (broad SMARTS) is 1. The predicted octanol–water partition coefficient (Wildman–Crippen LogP) is 2.45. The van der Waals surface area contributed by atoms with E-state index in [9.17, 15) is 9.59 Å². The summed E-state index contributed by atoms with van der Waals surface area (Å²) in [5.74, 6) is -0.126. The van der Waals surface area contributed by atoms with Crippen molar-refractivity contribution in [3.8, 4) is 5.75 Å². The summed E-state index contributed by atoms with van der Waals surface area (Å²) >= 11 is 0. The molecule has 2 heterocycles. The first-order chi connectivity index (χ1) is 13.6. The van der Waals surface area contributed by atoms with Gasteiger partial charge in [0.05, 0.1) is 30.0 Å². The molecule has 28 heavy (non-hydrogen) atoms. The Morgan fingerprint density at radius 1 is 1.21 bits per heavy atom. The van der Waals surface area contributed by atoms with Crippen LogP contribution in [0.1, 0.15) is 23.4 Å². The van der Waals surface area contributed by atoms with Crippen molar-refractivity contribution in [2.75, 3.05) is 6.61 Å². The van der Waals surface area contributed by atoms with Crippen molar-refractivity contribution >= 4 is 22.9 Å². The minimum absolute atomic E-state index is 0.166. The van der Waals surface area contributed by atoms with Crippen LogP contribution in [0.2, 0.25) is 0 Å². The van der Waals surface area contributed by atoms with E-state index in [0.29, 0.717) is 26.0 Å². The number of para-hydroxylation sites is 2. The second kappa shape index (κ2) is 7.72. The number of aromatic amines is 1. The number of hydrogen-bond donors (Lipinski definition) is 3. The monoisotopic (exact) mass is 379 g/mol. The average molecular weight is 379 g/mol. The fourth-order valence-corrected chi connectivity index (χ4v) is 3.51. The molecule has 1 amide bonds. The van der Waals surface area contributed by atoms with E-state index in [-0.39, 0.29) is 12.3 Å². The van der Waals surface area contributed by atoms with Gasteiger partial charge < -0.3 is 20.1 Å². The number of hydrogen-bond acceptors (Lipinski definition) is 4. The molecule has 0 radical (unpaired) electrons. The van der Waals surface area contributed by atoms with Crippen molar-refractivity contribution in [2.45, 2.75) is 25.8 Å². The Labute approximate surface area is 161 Å². The number of H-pyrrole nitrogens is 1. The molecule has 0 aliphatic carbocycles. The van der Waals surface area contributed by atoms with Gasteiger partial charge in [-0.05, 0) is 41.8 Å². The summed E-state index contributed by atoms with van der Waals surface area (Å²) < 4.78 is 5.86. The van der Waals surface area contributed by atoms with Gasteiger partial charge in [-0.15, -0.1) is 0 Å². The molecule has 3 N–H and O–H groups in total. The summed E-state index contributed by atoms with van der Waals surface area (Å²) in [6.07, 6.45) is 0.914. The molecular formula is C21H21N3O4. The number of aromatic nitrogens is 2. The Morgan fingerprint density at radius 2 is 2.07 bits per heavy atom. The maximum atomic E-state index is 12.1. The van der Waals surface area contributed by atoms with Gasteiger partial charge in [0.25, 0.3) is 0 Å². The molecule has 3 aromatic rings. The third-order valence-electron chi connectivity index (χ3n) is 4.93. The highest BCUT2D eigenvalue weighted by Gasteiger charge is 2.26. The maximum Gasteiger partial charge on any atom is 0.304 e. The number of nitrogens with one attached hydrogen (secondary N) is 2. The Bertz CT molecular complexity index is 994. The molecule has 1 unspecified atom stereocenters. The van der Waals surface area contributed by atoms with Crippen LogP contribution in [0.4, 0.5) is 0 Å². The van der Waals surface area contributed by atoms with Crippen LogP contribution < -0.4 is 10.1 Å². The van der Waals surface area contributed by atoms with E-state index in [1.165, 1.54) is 0 Å². The maximum absolute atomic E-state index is 12.1. The fourth-order valence-electron chi connectivity index (χ4n) is 3.51. The zero-order chi connectivity index (χ0) is 19.5. The molecule has 1 atom stereocenters. The second-order valence-electron chi connectivity index (χ2n) is 6.95. The van der Waals surface area contributed by atoms with E-state index in [1.54, 1.807) is 0 Å². The highest BCUT2D eigenvalue weighted by molar-refractivity contribution is 5.84. The largest absolute Gasteiger partial charge is 0.493 e. The number of benzene rings is 2. The van der Waals surface area contributed by atoms with E-state index in [4.69, 9.17) is 9.84 Å². The summed E-state index contributed by atoms with van der Waals surface area (Å²) in [6, 6.07) is 13.6. The van der Waals surface area contributed by atoms with Gasteiger partial charge in [0.2, 0.25) is 5.91 Å². The van der Waals surface area contributed by atoms with Crippen molar-refractivity contribution in [2.24, 2.45) is 5.92 Å². The lowest BCUT2D eigenvalue weighted by molar-refractivity contribution is -0.141. The van der Waals surface area contributed by atoms with Gasteiger partial charge >= 0.3 is 5.97 Å². The highest BCUT2D eigenvalue weighted by atomic mass is 16.5. The van der Waals surface area contributed by atoms with Crippen LogP contribution in [0.3, 0.4) is 0 Å². The molecule has 0 spiro atoms. The number of fused-ring (bicyclic) bond motifs is 2. The number of carboxylic acids is 1. The SMILES string of the molecule is O=C(O)CC1Cc2ccc(OCCc3nc4ccccc4[nH]3)cc2CNC1=O. The van der Waals surface area contributed by atoms with Gasteiger partial charge in [-0.1, -0.05) is 18.2 Å². The zero-order valence-corrected chi connectivity index (χ0v) is 15.3. The third-order valence-corrected chi connectivity index (χ3v) is 4.93. The van der Waals surface area contributed by atoms with Gasteiger partial charge in [0, 0.05) is 13.0 Å². The first-order valence-corrected chi connectivity index (χ1v) is 9.26. The van der Waals surface area contributed by atoms with Crippen LogP contribution in [0.5, 0.6) is 5.75 Å². The third kappa shape index (κ3) is 3.98. The Hall–Kier alpha value is -3.35. The lowest BCUT2D eigenvalue weighted by atomic mass is 9.94. The molecule has 0 fully saturated rings. The number of imidazole rings is 1. The minimum Gasteiger partial charge on any atom is -0.493 e. The lowest BCUT2D eigenvalue weighted by Gasteiger charge is -2.11. The molecule has 144 valence electrons. The number of carbonyl (C=O) groups excluding carboxylic acids is 1. The van der Waals surface area contributed by atoms with Crippen molar-refractivity contribution in [1.82, 2.24) is 15.3 Å². The summed E-state index contributed by atoms with van der Waals surface area (Å²) in [5.41, 5.74) is 3.89. The number of aliphatic carboxylic acids is 1. The van der Waals surface area contributed by atoms with Crippen LogP contribution in [-0.2, 0) is 29.0 Å².